The lowest BCUT2D eigenvalue weighted by Gasteiger charge is -2.38. The van der Waals surface area contributed by atoms with Gasteiger partial charge in [0.1, 0.15) is 22.5 Å². The molecule has 1 saturated carbocycles. The van der Waals surface area contributed by atoms with Crippen molar-refractivity contribution in [3.63, 3.8) is 0 Å². The molecule has 2 aromatic rings. The molecule has 3 aliphatic rings. The van der Waals surface area contributed by atoms with Crippen LogP contribution < -0.4 is 15.8 Å². The van der Waals surface area contributed by atoms with E-state index in [1.807, 2.05) is 13.1 Å². The number of aromatic nitrogens is 1. The van der Waals surface area contributed by atoms with Gasteiger partial charge < -0.3 is 25.6 Å². The smallest absolute Gasteiger partial charge is 0.246 e. The molecule has 3 heterocycles. The van der Waals surface area contributed by atoms with Gasteiger partial charge in [-0.1, -0.05) is 0 Å². The van der Waals surface area contributed by atoms with Crippen LogP contribution in [0.5, 0.6) is 5.75 Å². The molecule has 180 valence electrons. The number of aliphatic hydroxyl groups is 1. The Morgan fingerprint density at radius 1 is 1.33 bits per heavy atom. The van der Waals surface area contributed by atoms with E-state index in [1.54, 1.807) is 11.3 Å². The zero-order valence-electron chi connectivity index (χ0n) is 19.2. The highest BCUT2D eigenvalue weighted by Crippen LogP contribution is 2.49. The van der Waals surface area contributed by atoms with Crippen LogP contribution in [-0.4, -0.2) is 72.5 Å². The number of hydrogen-bond acceptors (Lipinski definition) is 8. The largest absolute Gasteiger partial charge is 0.490 e. The monoisotopic (exact) mass is 474 g/mol. The summed E-state index contributed by atoms with van der Waals surface area (Å²) in [6, 6.07) is 2.63. The van der Waals surface area contributed by atoms with E-state index in [0.29, 0.717) is 12.5 Å². The molecule has 33 heavy (non-hydrogen) atoms. The van der Waals surface area contributed by atoms with E-state index in [9.17, 15) is 9.90 Å². The summed E-state index contributed by atoms with van der Waals surface area (Å²) in [5.74, 6) is 1.11. The van der Waals surface area contributed by atoms with E-state index in [1.165, 1.54) is 10.4 Å². The molecule has 1 saturated heterocycles. The fraction of sp³-hybridized carbons (Fsp3) is 0.667. The Labute approximate surface area is 198 Å². The van der Waals surface area contributed by atoms with E-state index in [2.05, 4.69) is 10.2 Å². The summed E-state index contributed by atoms with van der Waals surface area (Å²) in [6.45, 7) is 3.75. The number of hydrogen-bond donors (Lipinski definition) is 3. The Hall–Kier alpha value is -1.94. The third-order valence-electron chi connectivity index (χ3n) is 7.46. The third kappa shape index (κ3) is 4.69. The lowest BCUT2D eigenvalue weighted by atomic mass is 9.91. The first-order valence-corrected chi connectivity index (χ1v) is 12.9. The number of fused-ring (bicyclic) bond motifs is 3. The molecule has 2 aromatic heterocycles. The fourth-order valence-corrected chi connectivity index (χ4v) is 6.98. The molecule has 2 aliphatic carbocycles. The van der Waals surface area contributed by atoms with Crippen molar-refractivity contribution >= 4 is 33.3 Å². The lowest BCUT2D eigenvalue weighted by Crippen LogP contribution is -2.46. The second-order valence-electron chi connectivity index (χ2n) is 9.46. The number of primary amides is 1. The zero-order chi connectivity index (χ0) is 22.9. The maximum atomic E-state index is 11.5. The summed E-state index contributed by atoms with van der Waals surface area (Å²) in [5.41, 5.74) is 6.53. The van der Waals surface area contributed by atoms with Crippen LogP contribution in [0.15, 0.2) is 6.07 Å². The van der Waals surface area contributed by atoms with Gasteiger partial charge in [-0.3, -0.25) is 9.69 Å². The number of nitrogens with zero attached hydrogens (tertiary/aromatic N) is 2. The van der Waals surface area contributed by atoms with Crippen LogP contribution in [0.3, 0.4) is 0 Å². The molecular formula is C24H34N4O4S. The number of rotatable bonds is 7. The quantitative estimate of drug-likeness (QED) is 0.566. The molecule has 8 nitrogen and oxygen atoms in total. The number of ether oxygens (including phenoxy) is 2. The number of nitrogens with two attached hydrogens (primary N) is 1. The number of anilines is 1. The van der Waals surface area contributed by atoms with Gasteiger partial charge in [0.2, 0.25) is 5.91 Å². The van der Waals surface area contributed by atoms with Gasteiger partial charge in [-0.25, -0.2) is 4.98 Å². The van der Waals surface area contributed by atoms with Gasteiger partial charge >= 0.3 is 0 Å². The average molecular weight is 475 g/mol. The SMILES string of the molecule is CNc1cc(O[C@H]2CC[C@H](N3CCOCC3)CC2)c2c3c(sc2n1)CC[C@@H]3C[C@H](O)C(N)=O. The first-order chi connectivity index (χ1) is 16.0. The molecule has 4 N–H and O–H groups in total. The summed E-state index contributed by atoms with van der Waals surface area (Å²) < 4.78 is 12.2. The summed E-state index contributed by atoms with van der Waals surface area (Å²) in [6.07, 6.45) is 5.63. The molecule has 0 bridgehead atoms. The number of aryl methyl sites for hydroxylation is 1. The highest BCUT2D eigenvalue weighted by molar-refractivity contribution is 7.19. The van der Waals surface area contributed by atoms with Crippen molar-refractivity contribution in [1.29, 1.82) is 0 Å². The van der Waals surface area contributed by atoms with E-state index in [0.717, 1.165) is 86.6 Å². The number of nitrogens with one attached hydrogen (secondary N) is 1. The minimum atomic E-state index is -1.12. The van der Waals surface area contributed by atoms with E-state index >= 15 is 0 Å². The third-order valence-corrected chi connectivity index (χ3v) is 8.62. The van der Waals surface area contributed by atoms with E-state index in [4.69, 9.17) is 20.2 Å². The minimum Gasteiger partial charge on any atom is -0.490 e. The molecule has 9 heteroatoms. The van der Waals surface area contributed by atoms with Crippen LogP contribution in [-0.2, 0) is 16.0 Å². The maximum Gasteiger partial charge on any atom is 0.246 e. The predicted molar refractivity (Wildman–Crippen MR) is 129 cm³/mol. The van der Waals surface area contributed by atoms with Crippen LogP contribution in [0.4, 0.5) is 5.82 Å². The molecule has 2 atom stereocenters. The first-order valence-electron chi connectivity index (χ1n) is 12.1. The van der Waals surface area contributed by atoms with Crippen LogP contribution in [0.1, 0.15) is 54.9 Å². The van der Waals surface area contributed by atoms with Crippen molar-refractivity contribution in [3.8, 4) is 5.75 Å². The second kappa shape index (κ2) is 9.74. The van der Waals surface area contributed by atoms with Crippen molar-refractivity contribution in [3.05, 3.63) is 16.5 Å². The van der Waals surface area contributed by atoms with Gasteiger partial charge in [-0.2, -0.15) is 0 Å². The topological polar surface area (TPSA) is 110 Å². The zero-order valence-corrected chi connectivity index (χ0v) is 20.0. The second-order valence-corrected chi connectivity index (χ2v) is 10.5. The highest BCUT2D eigenvalue weighted by atomic mass is 32.1. The van der Waals surface area contributed by atoms with Gasteiger partial charge in [0.05, 0.1) is 24.7 Å². The molecule has 5 rings (SSSR count). The molecule has 0 radical (unpaired) electrons. The van der Waals surface area contributed by atoms with Gasteiger partial charge in [-0.05, 0) is 56.4 Å². The number of aliphatic hydroxyl groups excluding tert-OH is 1. The predicted octanol–water partition coefficient (Wildman–Crippen LogP) is 2.63. The Morgan fingerprint density at radius 2 is 2.09 bits per heavy atom. The molecular weight excluding hydrogens is 440 g/mol. The van der Waals surface area contributed by atoms with Gasteiger partial charge in [0.15, 0.2) is 0 Å². The molecule has 0 spiro atoms. The maximum absolute atomic E-state index is 11.5. The van der Waals surface area contributed by atoms with Crippen molar-refractivity contribution < 1.29 is 19.4 Å². The molecule has 0 aromatic carbocycles. The Kier molecular flexibility index (Phi) is 6.74. The fourth-order valence-electron chi connectivity index (χ4n) is 5.69. The highest BCUT2D eigenvalue weighted by Gasteiger charge is 2.34. The Balaban J connectivity index is 1.37. The number of thiophene rings is 1. The van der Waals surface area contributed by atoms with Crippen molar-refractivity contribution in [2.45, 2.75) is 69.1 Å². The molecule has 2 fully saturated rings. The summed E-state index contributed by atoms with van der Waals surface area (Å²) in [7, 11) is 1.87. The number of amides is 1. The molecule has 1 aliphatic heterocycles. The molecule has 1 amide bonds. The van der Waals surface area contributed by atoms with E-state index in [-0.39, 0.29) is 12.0 Å². The lowest BCUT2D eigenvalue weighted by molar-refractivity contribution is -0.126. The summed E-state index contributed by atoms with van der Waals surface area (Å²) in [5, 5.41) is 14.4. The normalized spacial score (nSPS) is 26.8. The Morgan fingerprint density at radius 3 is 2.79 bits per heavy atom. The summed E-state index contributed by atoms with van der Waals surface area (Å²) >= 11 is 1.70. The first kappa shape index (κ1) is 22.8. The van der Waals surface area contributed by atoms with Crippen LogP contribution in [0.2, 0.25) is 0 Å². The van der Waals surface area contributed by atoms with Crippen LogP contribution in [0.25, 0.3) is 10.2 Å². The number of morpholine rings is 1. The number of carbonyl (C=O) groups excluding carboxylic acids is 1. The van der Waals surface area contributed by atoms with Crippen molar-refractivity contribution in [2.75, 3.05) is 38.7 Å². The van der Waals surface area contributed by atoms with Gasteiger partial charge in [0.25, 0.3) is 0 Å². The van der Waals surface area contributed by atoms with Gasteiger partial charge in [0, 0.05) is 37.1 Å². The van der Waals surface area contributed by atoms with Crippen molar-refractivity contribution in [1.82, 2.24) is 9.88 Å². The number of pyridine rings is 1. The molecule has 0 unspecified atom stereocenters. The average Bonchev–Trinajstić information content (AvgIpc) is 3.39. The number of carbonyl (C=O) groups is 1. The van der Waals surface area contributed by atoms with Crippen LogP contribution in [0, 0.1) is 0 Å². The van der Waals surface area contributed by atoms with Crippen molar-refractivity contribution in [2.24, 2.45) is 5.73 Å². The van der Waals surface area contributed by atoms with E-state index < -0.39 is 12.0 Å². The van der Waals surface area contributed by atoms with Crippen LogP contribution >= 0.6 is 11.3 Å². The van der Waals surface area contributed by atoms with Gasteiger partial charge in [-0.15, -0.1) is 11.3 Å². The summed E-state index contributed by atoms with van der Waals surface area (Å²) in [4.78, 5) is 21.1. The standard InChI is InChI=1S/C24H34N4O4S/c1-26-20-13-18(32-16-5-3-15(4-6-16)28-8-10-31-11-9-28)22-21-14(12-17(29)23(25)30)2-7-19(21)33-24(22)27-20/h13-17,29H,2-12H2,1H3,(H2,25,30)(H,26,27)/t14-,15-,16-,17+/m1/s1. The Bertz CT molecular complexity index is 998. The minimum absolute atomic E-state index is 0.0953.